The van der Waals surface area contributed by atoms with Gasteiger partial charge < -0.3 is 0 Å². The molecule has 0 aliphatic carbocycles. The zero-order valence-corrected chi connectivity index (χ0v) is 7.93. The van der Waals surface area contributed by atoms with Gasteiger partial charge in [-0.05, 0) is 24.1 Å². The van der Waals surface area contributed by atoms with Crippen LogP contribution < -0.4 is 5.48 Å². The van der Waals surface area contributed by atoms with Gasteiger partial charge in [0, 0.05) is 5.02 Å². The lowest BCUT2D eigenvalue weighted by atomic mass is 10.1. The number of halogens is 1. The Balaban J connectivity index is 2.93. The van der Waals surface area contributed by atoms with Crippen LogP contribution >= 0.6 is 11.6 Å². The van der Waals surface area contributed by atoms with Crippen molar-refractivity contribution in [3.05, 3.63) is 34.3 Å². The number of hydroxylamine groups is 1. The molecule has 0 bridgehead atoms. The highest BCUT2D eigenvalue weighted by molar-refractivity contribution is 6.31. The summed E-state index contributed by atoms with van der Waals surface area (Å²) in [5.74, 6) is -0.462. The van der Waals surface area contributed by atoms with Crippen LogP contribution in [0.1, 0.15) is 11.1 Å². The summed E-state index contributed by atoms with van der Waals surface area (Å²) in [5, 5.41) is 8.88. The summed E-state index contributed by atoms with van der Waals surface area (Å²) >= 11 is 5.87. The van der Waals surface area contributed by atoms with Crippen molar-refractivity contribution in [2.45, 2.75) is 13.3 Å². The van der Waals surface area contributed by atoms with Crippen molar-refractivity contribution in [2.75, 3.05) is 0 Å². The van der Waals surface area contributed by atoms with E-state index in [4.69, 9.17) is 16.8 Å². The molecule has 0 saturated carbocycles. The third-order valence-corrected chi connectivity index (χ3v) is 2.17. The number of hydrogen-bond donors (Lipinski definition) is 2. The zero-order valence-electron chi connectivity index (χ0n) is 7.17. The van der Waals surface area contributed by atoms with E-state index in [1.54, 1.807) is 11.5 Å². The summed E-state index contributed by atoms with van der Waals surface area (Å²) < 4.78 is 0. The van der Waals surface area contributed by atoms with Gasteiger partial charge in [-0.1, -0.05) is 23.7 Å². The number of carbonyl (C=O) groups excluding carboxylic acids is 1. The highest BCUT2D eigenvalue weighted by atomic mass is 35.5. The number of aryl methyl sites for hydroxylation is 1. The molecule has 3 nitrogen and oxygen atoms in total. The highest BCUT2D eigenvalue weighted by Crippen LogP contribution is 2.19. The fraction of sp³-hybridized carbons (Fsp3) is 0.222. The monoisotopic (exact) mass is 199 g/mol. The van der Waals surface area contributed by atoms with E-state index in [0.29, 0.717) is 5.02 Å². The first-order valence-electron chi connectivity index (χ1n) is 3.82. The van der Waals surface area contributed by atoms with Crippen molar-refractivity contribution in [3.63, 3.8) is 0 Å². The van der Waals surface area contributed by atoms with Crippen molar-refractivity contribution in [1.29, 1.82) is 0 Å². The first-order chi connectivity index (χ1) is 6.15. The van der Waals surface area contributed by atoms with Crippen LogP contribution in [-0.2, 0) is 11.2 Å². The van der Waals surface area contributed by atoms with Gasteiger partial charge in [-0.15, -0.1) is 0 Å². The Morgan fingerprint density at radius 2 is 2.31 bits per heavy atom. The lowest BCUT2D eigenvalue weighted by Crippen LogP contribution is -2.21. The quantitative estimate of drug-likeness (QED) is 0.563. The van der Waals surface area contributed by atoms with Gasteiger partial charge in [-0.3, -0.25) is 10.0 Å². The fourth-order valence-electron chi connectivity index (χ4n) is 1.09. The average molecular weight is 200 g/mol. The number of nitrogens with one attached hydrogen (secondary N) is 1. The smallest absolute Gasteiger partial charge is 0.247 e. The molecular formula is C9H10ClNO2. The lowest BCUT2D eigenvalue weighted by molar-refractivity contribution is -0.128. The van der Waals surface area contributed by atoms with Crippen LogP contribution in [0.3, 0.4) is 0 Å². The van der Waals surface area contributed by atoms with Crippen LogP contribution in [0.4, 0.5) is 0 Å². The van der Waals surface area contributed by atoms with Gasteiger partial charge in [0.05, 0.1) is 6.42 Å². The molecule has 0 unspecified atom stereocenters. The summed E-state index contributed by atoms with van der Waals surface area (Å²) in [6.45, 7) is 1.87. The number of amides is 1. The summed E-state index contributed by atoms with van der Waals surface area (Å²) in [6.07, 6.45) is 0.0992. The molecule has 0 atom stereocenters. The van der Waals surface area contributed by atoms with E-state index in [1.807, 2.05) is 19.1 Å². The second-order valence-electron chi connectivity index (χ2n) is 2.75. The molecule has 0 saturated heterocycles. The van der Waals surface area contributed by atoms with E-state index in [9.17, 15) is 4.79 Å². The summed E-state index contributed by atoms with van der Waals surface area (Å²) in [5.41, 5.74) is 3.26. The van der Waals surface area contributed by atoms with Crippen LogP contribution in [-0.4, -0.2) is 11.1 Å². The van der Waals surface area contributed by atoms with E-state index in [0.717, 1.165) is 11.1 Å². The standard InChI is InChI=1S/C9H10ClNO2/c1-6-3-2-4-8(10)7(6)5-9(12)11-13/h2-4,13H,5H2,1H3,(H,11,12). The average Bonchev–Trinajstić information content (AvgIpc) is 2.11. The van der Waals surface area contributed by atoms with Gasteiger partial charge in [-0.25, -0.2) is 5.48 Å². The van der Waals surface area contributed by atoms with Crippen molar-refractivity contribution in [2.24, 2.45) is 0 Å². The van der Waals surface area contributed by atoms with Crippen molar-refractivity contribution in [3.8, 4) is 0 Å². The first kappa shape index (κ1) is 10.0. The minimum absolute atomic E-state index is 0.0992. The fourth-order valence-corrected chi connectivity index (χ4v) is 1.38. The predicted molar refractivity (Wildman–Crippen MR) is 49.8 cm³/mol. The molecule has 0 aliphatic heterocycles. The minimum Gasteiger partial charge on any atom is -0.289 e. The maximum absolute atomic E-state index is 10.9. The van der Waals surface area contributed by atoms with E-state index < -0.39 is 5.91 Å². The molecule has 70 valence electrons. The van der Waals surface area contributed by atoms with Crippen molar-refractivity contribution < 1.29 is 10.0 Å². The van der Waals surface area contributed by atoms with Crippen LogP contribution in [0.25, 0.3) is 0 Å². The van der Waals surface area contributed by atoms with Gasteiger partial charge in [0.25, 0.3) is 0 Å². The Kier molecular flexibility index (Phi) is 3.28. The number of carbonyl (C=O) groups is 1. The van der Waals surface area contributed by atoms with Gasteiger partial charge in [-0.2, -0.15) is 0 Å². The van der Waals surface area contributed by atoms with Crippen LogP contribution in [0.15, 0.2) is 18.2 Å². The third kappa shape index (κ3) is 2.44. The first-order valence-corrected chi connectivity index (χ1v) is 4.20. The molecule has 13 heavy (non-hydrogen) atoms. The normalized spacial score (nSPS) is 9.77. The largest absolute Gasteiger partial charge is 0.289 e. The molecule has 1 amide bonds. The second-order valence-corrected chi connectivity index (χ2v) is 3.15. The molecule has 4 heteroatoms. The van der Waals surface area contributed by atoms with Crippen molar-refractivity contribution in [1.82, 2.24) is 5.48 Å². The van der Waals surface area contributed by atoms with E-state index in [1.165, 1.54) is 0 Å². The Morgan fingerprint density at radius 3 is 2.85 bits per heavy atom. The molecule has 1 aromatic rings. The molecular weight excluding hydrogens is 190 g/mol. The van der Waals surface area contributed by atoms with Gasteiger partial charge >= 0.3 is 0 Å². The predicted octanol–water partition coefficient (Wildman–Crippen LogP) is 1.70. The molecule has 1 aromatic carbocycles. The molecule has 0 aliphatic rings. The van der Waals surface area contributed by atoms with Gasteiger partial charge in [0.15, 0.2) is 0 Å². The van der Waals surface area contributed by atoms with E-state index >= 15 is 0 Å². The highest BCUT2D eigenvalue weighted by Gasteiger charge is 2.07. The second kappa shape index (κ2) is 4.25. The molecule has 2 N–H and O–H groups in total. The van der Waals surface area contributed by atoms with Crippen LogP contribution in [0, 0.1) is 6.92 Å². The van der Waals surface area contributed by atoms with Crippen LogP contribution in [0.5, 0.6) is 0 Å². The third-order valence-electron chi connectivity index (χ3n) is 1.82. The number of hydrogen-bond acceptors (Lipinski definition) is 2. The van der Waals surface area contributed by atoms with Crippen molar-refractivity contribution >= 4 is 17.5 Å². The Labute approximate surface area is 81.3 Å². The number of benzene rings is 1. The molecule has 1 rings (SSSR count). The summed E-state index contributed by atoms with van der Waals surface area (Å²) in [4.78, 5) is 10.9. The topological polar surface area (TPSA) is 49.3 Å². The summed E-state index contributed by atoms with van der Waals surface area (Å²) in [7, 11) is 0. The molecule has 0 fully saturated rings. The Bertz CT molecular complexity index is 305. The summed E-state index contributed by atoms with van der Waals surface area (Å²) in [6, 6.07) is 5.40. The Morgan fingerprint density at radius 1 is 1.62 bits per heavy atom. The molecule has 0 aromatic heterocycles. The maximum atomic E-state index is 10.9. The molecule has 0 radical (unpaired) electrons. The Hall–Kier alpha value is -1.06. The SMILES string of the molecule is Cc1cccc(Cl)c1CC(=O)NO. The number of rotatable bonds is 2. The van der Waals surface area contributed by atoms with Gasteiger partial charge in [0.1, 0.15) is 0 Å². The maximum Gasteiger partial charge on any atom is 0.247 e. The van der Waals surface area contributed by atoms with E-state index in [-0.39, 0.29) is 6.42 Å². The zero-order chi connectivity index (χ0) is 9.84. The van der Waals surface area contributed by atoms with Gasteiger partial charge in [0.2, 0.25) is 5.91 Å². The van der Waals surface area contributed by atoms with Crippen LogP contribution in [0.2, 0.25) is 5.02 Å². The molecule has 0 spiro atoms. The lowest BCUT2D eigenvalue weighted by Gasteiger charge is -2.05. The van der Waals surface area contributed by atoms with E-state index in [2.05, 4.69) is 0 Å². The minimum atomic E-state index is -0.462. The molecule has 0 heterocycles.